The summed E-state index contributed by atoms with van der Waals surface area (Å²) in [6.07, 6.45) is 3.93. The number of para-hydroxylation sites is 2. The van der Waals surface area contributed by atoms with Gasteiger partial charge in [0.05, 0.1) is 11.9 Å². The summed E-state index contributed by atoms with van der Waals surface area (Å²) in [4.78, 5) is 23.8. The second-order valence-corrected chi connectivity index (χ2v) is 7.52. The lowest BCUT2D eigenvalue weighted by Crippen LogP contribution is -2.17. The molecule has 0 aromatic heterocycles. The molecule has 33 heavy (non-hydrogen) atoms. The van der Waals surface area contributed by atoms with Crippen LogP contribution in [0.4, 0.5) is 10.1 Å². The van der Waals surface area contributed by atoms with Gasteiger partial charge in [-0.15, -0.1) is 0 Å². The van der Waals surface area contributed by atoms with Gasteiger partial charge in [0.2, 0.25) is 11.8 Å². The minimum absolute atomic E-state index is 0.0259. The van der Waals surface area contributed by atoms with Crippen LogP contribution in [0.5, 0.6) is 5.75 Å². The first kappa shape index (κ1) is 23.7. The minimum atomic E-state index is -0.358. The summed E-state index contributed by atoms with van der Waals surface area (Å²) < 4.78 is 14.4. The number of carbonyl (C=O) groups is 2. The third kappa shape index (κ3) is 7.57. The predicted molar refractivity (Wildman–Crippen MR) is 127 cm³/mol. The van der Waals surface area contributed by atoms with Crippen LogP contribution in [0.3, 0.4) is 0 Å². The van der Waals surface area contributed by atoms with Gasteiger partial charge in [-0.25, -0.2) is 9.82 Å². The summed E-state index contributed by atoms with van der Waals surface area (Å²) >= 11 is 0. The van der Waals surface area contributed by atoms with Gasteiger partial charge in [-0.05, 0) is 42.2 Å². The van der Waals surface area contributed by atoms with Gasteiger partial charge in [-0.3, -0.25) is 9.59 Å². The lowest BCUT2D eigenvalue weighted by atomic mass is 10.0. The fourth-order valence-electron chi connectivity index (χ4n) is 3.24. The van der Waals surface area contributed by atoms with Gasteiger partial charge < -0.3 is 10.4 Å². The molecule has 0 atom stereocenters. The van der Waals surface area contributed by atoms with E-state index in [1.165, 1.54) is 18.3 Å². The zero-order valence-electron chi connectivity index (χ0n) is 18.1. The lowest BCUT2D eigenvalue weighted by molar-refractivity contribution is -0.121. The second-order valence-electron chi connectivity index (χ2n) is 7.52. The first-order valence-corrected chi connectivity index (χ1v) is 10.8. The standard InChI is InChI=1S/C26H26FN3O3/c27-22-17-19(15-16-21(22)20-9-3-1-4-10-20)18-28-30-26(33)14-6-2-5-13-25(32)29-23-11-7-8-12-24(23)31/h1,3-4,7-12,15-18,31H,2,5-6,13-14H2,(H,29,32)(H,30,33)/b28-18+. The molecule has 3 aromatic rings. The van der Waals surface area contributed by atoms with E-state index in [1.54, 1.807) is 30.3 Å². The Bertz CT molecular complexity index is 1120. The van der Waals surface area contributed by atoms with Gasteiger partial charge in [-0.1, -0.05) is 61.0 Å². The molecule has 0 spiro atoms. The van der Waals surface area contributed by atoms with Crippen molar-refractivity contribution in [3.63, 3.8) is 0 Å². The van der Waals surface area contributed by atoms with Gasteiger partial charge in [0.25, 0.3) is 0 Å². The number of hydrogen-bond donors (Lipinski definition) is 3. The quantitative estimate of drug-likeness (QED) is 0.172. The maximum absolute atomic E-state index is 14.4. The highest BCUT2D eigenvalue weighted by atomic mass is 19.1. The molecule has 0 bridgehead atoms. The smallest absolute Gasteiger partial charge is 0.240 e. The van der Waals surface area contributed by atoms with Gasteiger partial charge in [0.1, 0.15) is 11.6 Å². The molecule has 2 amide bonds. The Morgan fingerprint density at radius 3 is 2.30 bits per heavy atom. The Balaban J connectivity index is 1.34. The van der Waals surface area contributed by atoms with Crippen molar-refractivity contribution in [3.8, 4) is 16.9 Å². The number of anilines is 1. The van der Waals surface area contributed by atoms with Crippen LogP contribution in [0.2, 0.25) is 0 Å². The molecule has 0 aliphatic carbocycles. The number of phenols is 1. The van der Waals surface area contributed by atoms with Crippen LogP contribution in [-0.2, 0) is 9.59 Å². The normalized spacial score (nSPS) is 10.8. The Morgan fingerprint density at radius 1 is 0.879 bits per heavy atom. The molecular weight excluding hydrogens is 421 g/mol. The fourth-order valence-corrected chi connectivity index (χ4v) is 3.24. The predicted octanol–water partition coefficient (Wildman–Crippen LogP) is 5.24. The van der Waals surface area contributed by atoms with Crippen molar-refractivity contribution in [2.75, 3.05) is 5.32 Å². The van der Waals surface area contributed by atoms with E-state index in [0.29, 0.717) is 42.5 Å². The summed E-state index contributed by atoms with van der Waals surface area (Å²) in [5.41, 5.74) is 4.66. The summed E-state index contributed by atoms with van der Waals surface area (Å²) in [6.45, 7) is 0. The molecule has 0 saturated heterocycles. The van der Waals surface area contributed by atoms with Crippen molar-refractivity contribution in [3.05, 3.63) is 84.2 Å². The second kappa shape index (κ2) is 12.1. The topological polar surface area (TPSA) is 90.8 Å². The number of halogens is 1. The maximum atomic E-state index is 14.4. The zero-order valence-corrected chi connectivity index (χ0v) is 18.1. The number of benzene rings is 3. The third-order valence-electron chi connectivity index (χ3n) is 4.97. The number of unbranched alkanes of at least 4 members (excludes halogenated alkanes) is 2. The van der Waals surface area contributed by atoms with Crippen molar-refractivity contribution in [1.82, 2.24) is 5.43 Å². The number of rotatable bonds is 10. The van der Waals surface area contributed by atoms with Crippen LogP contribution in [-0.4, -0.2) is 23.1 Å². The number of nitrogens with one attached hydrogen (secondary N) is 2. The highest BCUT2D eigenvalue weighted by molar-refractivity contribution is 5.92. The molecule has 3 N–H and O–H groups in total. The largest absolute Gasteiger partial charge is 0.506 e. The Kier molecular flexibility index (Phi) is 8.71. The van der Waals surface area contributed by atoms with E-state index in [2.05, 4.69) is 15.8 Å². The van der Waals surface area contributed by atoms with Crippen molar-refractivity contribution in [2.24, 2.45) is 5.10 Å². The van der Waals surface area contributed by atoms with E-state index in [9.17, 15) is 19.1 Å². The van der Waals surface area contributed by atoms with Gasteiger partial charge in [-0.2, -0.15) is 5.10 Å². The van der Waals surface area contributed by atoms with E-state index in [1.807, 2.05) is 30.3 Å². The molecule has 7 heteroatoms. The minimum Gasteiger partial charge on any atom is -0.506 e. The van der Waals surface area contributed by atoms with Crippen LogP contribution in [0, 0.1) is 5.82 Å². The number of hydrogen-bond acceptors (Lipinski definition) is 4. The molecule has 0 fully saturated rings. The van der Waals surface area contributed by atoms with E-state index in [-0.39, 0.29) is 29.8 Å². The van der Waals surface area contributed by atoms with Crippen LogP contribution >= 0.6 is 0 Å². The van der Waals surface area contributed by atoms with Crippen molar-refractivity contribution in [1.29, 1.82) is 0 Å². The van der Waals surface area contributed by atoms with Crippen molar-refractivity contribution < 1.29 is 19.1 Å². The number of aromatic hydroxyl groups is 1. The molecule has 0 heterocycles. The number of carbonyl (C=O) groups excluding carboxylic acids is 2. The summed E-state index contributed by atoms with van der Waals surface area (Å²) in [5, 5.41) is 16.2. The first-order chi connectivity index (χ1) is 16.0. The molecular formula is C26H26FN3O3. The molecule has 0 aliphatic heterocycles. The number of amides is 2. The molecule has 6 nitrogen and oxygen atoms in total. The summed E-state index contributed by atoms with van der Waals surface area (Å²) in [6, 6.07) is 20.6. The zero-order chi connectivity index (χ0) is 23.5. The maximum Gasteiger partial charge on any atom is 0.240 e. The SMILES string of the molecule is O=C(CCCCCC(=O)Nc1ccccc1O)N/N=C/c1ccc(-c2ccccc2)c(F)c1. The molecule has 0 aliphatic rings. The van der Waals surface area contributed by atoms with E-state index < -0.39 is 0 Å². The highest BCUT2D eigenvalue weighted by Crippen LogP contribution is 2.23. The van der Waals surface area contributed by atoms with E-state index >= 15 is 0 Å². The van der Waals surface area contributed by atoms with Gasteiger partial charge in [0.15, 0.2) is 0 Å². The molecule has 3 aromatic carbocycles. The average Bonchev–Trinajstić information content (AvgIpc) is 2.81. The van der Waals surface area contributed by atoms with Gasteiger partial charge >= 0.3 is 0 Å². The van der Waals surface area contributed by atoms with Crippen LogP contribution in [0.15, 0.2) is 77.9 Å². The van der Waals surface area contributed by atoms with Crippen LogP contribution < -0.4 is 10.7 Å². The Morgan fingerprint density at radius 2 is 1.58 bits per heavy atom. The van der Waals surface area contributed by atoms with Gasteiger partial charge in [0, 0.05) is 18.4 Å². The van der Waals surface area contributed by atoms with Crippen molar-refractivity contribution >= 4 is 23.7 Å². The monoisotopic (exact) mass is 447 g/mol. The molecule has 170 valence electrons. The summed E-state index contributed by atoms with van der Waals surface area (Å²) in [5.74, 6) is -0.761. The Labute approximate surface area is 192 Å². The van der Waals surface area contributed by atoms with E-state index in [0.717, 1.165) is 5.56 Å². The van der Waals surface area contributed by atoms with Crippen molar-refractivity contribution in [2.45, 2.75) is 32.1 Å². The lowest BCUT2D eigenvalue weighted by Gasteiger charge is -2.06. The number of hydrazone groups is 1. The molecule has 0 saturated carbocycles. The number of nitrogens with zero attached hydrogens (tertiary/aromatic N) is 1. The third-order valence-corrected chi connectivity index (χ3v) is 4.97. The molecule has 0 unspecified atom stereocenters. The van der Waals surface area contributed by atoms with Crippen LogP contribution in [0.25, 0.3) is 11.1 Å². The summed E-state index contributed by atoms with van der Waals surface area (Å²) in [7, 11) is 0. The fraction of sp³-hybridized carbons (Fsp3) is 0.192. The molecule has 3 rings (SSSR count). The first-order valence-electron chi connectivity index (χ1n) is 10.8. The van der Waals surface area contributed by atoms with Crippen LogP contribution in [0.1, 0.15) is 37.7 Å². The Hall–Kier alpha value is -4.00. The average molecular weight is 448 g/mol. The highest BCUT2D eigenvalue weighted by Gasteiger charge is 2.07. The molecule has 0 radical (unpaired) electrons. The van der Waals surface area contributed by atoms with E-state index in [4.69, 9.17) is 0 Å². The number of phenolic OH excluding ortho intramolecular Hbond substituents is 1.